The highest BCUT2D eigenvalue weighted by molar-refractivity contribution is 4.43. The third kappa shape index (κ3) is 48.5. The first-order valence-corrected chi connectivity index (χ1v) is 6.91. The lowest BCUT2D eigenvalue weighted by molar-refractivity contribution is 0.585. The molecule has 0 atom stereocenters. The molecule has 0 aliphatic carbocycles. The molecule has 0 aromatic heterocycles. The van der Waals surface area contributed by atoms with E-state index < -0.39 is 0 Å². The third-order valence-electron chi connectivity index (χ3n) is 1.96. The lowest BCUT2D eigenvalue weighted by Crippen LogP contribution is -1.89. The fourth-order valence-electron chi connectivity index (χ4n) is 1.21. The van der Waals surface area contributed by atoms with Crippen molar-refractivity contribution in [2.24, 2.45) is 0 Å². The van der Waals surface area contributed by atoms with E-state index >= 15 is 0 Å². The molecule has 0 unspecified atom stereocenters. The summed E-state index contributed by atoms with van der Waals surface area (Å²) in [6.45, 7) is 4.54. The van der Waals surface area contributed by atoms with Gasteiger partial charge in [-0.1, -0.05) is 65.2 Å². The van der Waals surface area contributed by atoms with Crippen molar-refractivity contribution in [3.8, 4) is 0 Å². The Hall–Kier alpha value is -0.0800. The standard InChI is InChI=1S/C10H22.2C2H7N/c1-3-5-7-9-10-8-6-4-2;2*1-3-2/h3-10H2,1-2H3;2*3H,1-2H3. The summed E-state index contributed by atoms with van der Waals surface area (Å²) < 4.78 is 0. The minimum atomic E-state index is 1.37. The van der Waals surface area contributed by atoms with E-state index in [0.29, 0.717) is 0 Å². The van der Waals surface area contributed by atoms with Gasteiger partial charge in [0, 0.05) is 0 Å². The molecule has 102 valence electrons. The van der Waals surface area contributed by atoms with Crippen LogP contribution >= 0.6 is 0 Å². The predicted molar refractivity (Wildman–Crippen MR) is 78.3 cm³/mol. The van der Waals surface area contributed by atoms with E-state index in [1.165, 1.54) is 51.4 Å². The number of rotatable bonds is 7. The van der Waals surface area contributed by atoms with Crippen LogP contribution in [-0.4, -0.2) is 28.2 Å². The lowest BCUT2D eigenvalue weighted by Gasteiger charge is -1.97. The van der Waals surface area contributed by atoms with Crippen molar-refractivity contribution in [1.29, 1.82) is 0 Å². The normalized spacial score (nSPS) is 8.62. The predicted octanol–water partition coefficient (Wildman–Crippen LogP) is 3.82. The van der Waals surface area contributed by atoms with Crippen LogP contribution in [0, 0.1) is 0 Å². The van der Waals surface area contributed by atoms with Crippen LogP contribution in [0.5, 0.6) is 0 Å². The Morgan fingerprint density at radius 3 is 0.875 bits per heavy atom. The summed E-state index contributed by atoms with van der Waals surface area (Å²) in [5.74, 6) is 0. The largest absolute Gasteiger partial charge is 0.323 e. The summed E-state index contributed by atoms with van der Waals surface area (Å²) >= 11 is 0. The first kappa shape index (κ1) is 21.2. The third-order valence-corrected chi connectivity index (χ3v) is 1.96. The highest BCUT2D eigenvalue weighted by atomic mass is 14.7. The number of hydrogen-bond donors (Lipinski definition) is 2. The minimum Gasteiger partial charge on any atom is -0.323 e. The van der Waals surface area contributed by atoms with Gasteiger partial charge in [-0.2, -0.15) is 0 Å². The fourth-order valence-corrected chi connectivity index (χ4v) is 1.21. The van der Waals surface area contributed by atoms with Crippen molar-refractivity contribution in [2.75, 3.05) is 28.2 Å². The van der Waals surface area contributed by atoms with E-state index in [2.05, 4.69) is 24.5 Å². The van der Waals surface area contributed by atoms with E-state index in [9.17, 15) is 0 Å². The Morgan fingerprint density at radius 1 is 0.500 bits per heavy atom. The summed E-state index contributed by atoms with van der Waals surface area (Å²) in [7, 11) is 7.50. The summed E-state index contributed by atoms with van der Waals surface area (Å²) in [5, 5.41) is 5.50. The molecule has 2 N–H and O–H groups in total. The second-order valence-corrected chi connectivity index (χ2v) is 4.12. The molecule has 0 radical (unpaired) electrons. The molecule has 16 heavy (non-hydrogen) atoms. The number of hydrogen-bond acceptors (Lipinski definition) is 2. The highest BCUT2D eigenvalue weighted by Gasteiger charge is 1.87. The monoisotopic (exact) mass is 232 g/mol. The zero-order chi connectivity index (χ0) is 13.1. The SMILES string of the molecule is CCCCCCCCCC.CNC.CNC. The molecule has 0 aromatic carbocycles. The van der Waals surface area contributed by atoms with Gasteiger partial charge in [0.2, 0.25) is 0 Å². The van der Waals surface area contributed by atoms with E-state index in [4.69, 9.17) is 0 Å². The first-order valence-electron chi connectivity index (χ1n) is 6.91. The second kappa shape index (κ2) is 29.4. The maximum absolute atomic E-state index is 2.75. The van der Waals surface area contributed by atoms with Crippen LogP contribution in [0.2, 0.25) is 0 Å². The fraction of sp³-hybridized carbons (Fsp3) is 1.00. The van der Waals surface area contributed by atoms with Gasteiger partial charge in [0.25, 0.3) is 0 Å². The van der Waals surface area contributed by atoms with Gasteiger partial charge in [-0.05, 0) is 28.2 Å². The van der Waals surface area contributed by atoms with Gasteiger partial charge in [0.05, 0.1) is 0 Å². The molecule has 0 heterocycles. The maximum Gasteiger partial charge on any atom is -0.0167 e. The van der Waals surface area contributed by atoms with Crippen molar-refractivity contribution in [3.63, 3.8) is 0 Å². The summed E-state index contributed by atoms with van der Waals surface area (Å²) in [4.78, 5) is 0. The van der Waals surface area contributed by atoms with Crippen LogP contribution in [0.15, 0.2) is 0 Å². The minimum absolute atomic E-state index is 1.37. The average molecular weight is 232 g/mol. The molecule has 0 rings (SSSR count). The van der Waals surface area contributed by atoms with E-state index in [-0.39, 0.29) is 0 Å². The van der Waals surface area contributed by atoms with Crippen LogP contribution in [0.3, 0.4) is 0 Å². The summed E-state index contributed by atoms with van der Waals surface area (Å²) in [6, 6.07) is 0. The van der Waals surface area contributed by atoms with Crippen LogP contribution < -0.4 is 10.6 Å². The smallest absolute Gasteiger partial charge is 0.0167 e. The van der Waals surface area contributed by atoms with Crippen molar-refractivity contribution >= 4 is 0 Å². The molecule has 2 heteroatoms. The topological polar surface area (TPSA) is 24.1 Å². The zero-order valence-electron chi connectivity index (χ0n) is 12.7. The summed E-state index contributed by atoms with van der Waals surface area (Å²) in [6.07, 6.45) is 11.5. The van der Waals surface area contributed by atoms with Crippen molar-refractivity contribution < 1.29 is 0 Å². The number of nitrogens with one attached hydrogen (secondary N) is 2. The Bertz CT molecular complexity index is 65.1. The van der Waals surface area contributed by atoms with Crippen molar-refractivity contribution in [3.05, 3.63) is 0 Å². The van der Waals surface area contributed by atoms with Gasteiger partial charge in [0.15, 0.2) is 0 Å². The molecule has 0 spiro atoms. The highest BCUT2D eigenvalue weighted by Crippen LogP contribution is 2.07. The Kier molecular flexibility index (Phi) is 39.0. The summed E-state index contributed by atoms with van der Waals surface area (Å²) in [5.41, 5.74) is 0. The van der Waals surface area contributed by atoms with Crippen LogP contribution in [-0.2, 0) is 0 Å². The molecular formula is C14H36N2. The first-order chi connectivity index (χ1) is 7.74. The van der Waals surface area contributed by atoms with Crippen molar-refractivity contribution in [2.45, 2.75) is 65.2 Å². The van der Waals surface area contributed by atoms with Gasteiger partial charge in [-0.15, -0.1) is 0 Å². The molecule has 0 saturated heterocycles. The molecule has 0 aliphatic heterocycles. The maximum atomic E-state index is 2.75. The van der Waals surface area contributed by atoms with Gasteiger partial charge < -0.3 is 10.6 Å². The van der Waals surface area contributed by atoms with Gasteiger partial charge in [0.1, 0.15) is 0 Å². The molecule has 0 bridgehead atoms. The molecule has 0 aromatic rings. The van der Waals surface area contributed by atoms with Gasteiger partial charge in [-0.25, -0.2) is 0 Å². The molecule has 0 saturated carbocycles. The average Bonchev–Trinajstić information content (AvgIpc) is 2.26. The van der Waals surface area contributed by atoms with Gasteiger partial charge in [-0.3, -0.25) is 0 Å². The van der Waals surface area contributed by atoms with Crippen LogP contribution in [0.25, 0.3) is 0 Å². The quantitative estimate of drug-likeness (QED) is 0.652. The van der Waals surface area contributed by atoms with E-state index in [1.807, 2.05) is 28.2 Å². The molecule has 2 nitrogen and oxygen atoms in total. The Balaban J connectivity index is -0.000000235. The number of unbranched alkanes of at least 4 members (excludes halogenated alkanes) is 7. The lowest BCUT2D eigenvalue weighted by atomic mass is 10.1. The van der Waals surface area contributed by atoms with E-state index in [1.54, 1.807) is 0 Å². The van der Waals surface area contributed by atoms with Crippen LogP contribution in [0.1, 0.15) is 65.2 Å². The zero-order valence-corrected chi connectivity index (χ0v) is 12.7. The van der Waals surface area contributed by atoms with E-state index in [0.717, 1.165) is 0 Å². The Morgan fingerprint density at radius 2 is 0.688 bits per heavy atom. The van der Waals surface area contributed by atoms with Crippen LogP contribution in [0.4, 0.5) is 0 Å². The Labute approximate surface area is 105 Å². The molecular weight excluding hydrogens is 196 g/mol. The molecule has 0 aliphatic rings. The second-order valence-electron chi connectivity index (χ2n) is 4.12. The molecule has 0 amide bonds. The molecule has 0 fully saturated rings. The van der Waals surface area contributed by atoms with Crippen molar-refractivity contribution in [1.82, 2.24) is 10.6 Å². The van der Waals surface area contributed by atoms with Gasteiger partial charge >= 0.3 is 0 Å².